The quantitative estimate of drug-likeness (QED) is 0.353. The third-order valence-electron chi connectivity index (χ3n) is 6.31. The summed E-state index contributed by atoms with van der Waals surface area (Å²) in [5.74, 6) is -0.673. The van der Waals surface area contributed by atoms with Gasteiger partial charge in [-0.3, -0.25) is 0 Å². The zero-order chi connectivity index (χ0) is 18.5. The lowest BCUT2D eigenvalue weighted by atomic mass is 9.79. The van der Waals surface area contributed by atoms with Crippen LogP contribution in [0.2, 0.25) is 0 Å². The van der Waals surface area contributed by atoms with Crippen LogP contribution >= 0.6 is 0 Å². The second-order valence-electron chi connectivity index (χ2n) is 7.67. The van der Waals surface area contributed by atoms with Gasteiger partial charge in [0.05, 0.1) is 18.1 Å². The van der Waals surface area contributed by atoms with E-state index in [0.717, 1.165) is 5.57 Å². The van der Waals surface area contributed by atoms with Gasteiger partial charge in [0, 0.05) is 11.5 Å². The molecule has 3 fully saturated rings. The minimum Gasteiger partial charge on any atom is -0.458 e. The molecule has 2 N–H and O–H groups in total. The number of hydrogen-bond acceptors (Lipinski definition) is 5. The molecule has 25 heavy (non-hydrogen) atoms. The summed E-state index contributed by atoms with van der Waals surface area (Å²) in [6, 6.07) is 0. The Hall–Kier alpha value is -1.43. The second kappa shape index (κ2) is 6.71. The monoisotopic (exact) mass is 348 g/mol. The molecule has 5 nitrogen and oxygen atoms in total. The van der Waals surface area contributed by atoms with Crippen LogP contribution in [0.5, 0.6) is 0 Å². The van der Waals surface area contributed by atoms with E-state index in [4.69, 9.17) is 9.47 Å². The van der Waals surface area contributed by atoms with Crippen LogP contribution in [0.15, 0.2) is 36.5 Å². The van der Waals surface area contributed by atoms with Crippen LogP contribution < -0.4 is 0 Å². The molecule has 1 aliphatic heterocycles. The molecule has 2 aliphatic carbocycles. The second-order valence-corrected chi connectivity index (χ2v) is 7.67. The Morgan fingerprint density at radius 2 is 2.12 bits per heavy atom. The molecule has 138 valence electrons. The Balaban J connectivity index is 1.94. The molecular formula is C20H28O5. The van der Waals surface area contributed by atoms with Crippen LogP contribution in [0.25, 0.3) is 0 Å². The maximum Gasteiger partial charge on any atom is 0.334 e. The molecule has 1 heterocycles. The Bertz CT molecular complexity index is 609. The lowest BCUT2D eigenvalue weighted by Gasteiger charge is -2.31. The molecule has 5 heteroatoms. The standard InChI is InChI=1S/C20H28O5/c1-6-9(2)19(22)24-15-7-10(3)13-8-14(21)11(4)16(13)18-17(15)12(5)20(23)25-18/h11,13-19,21-22H,2-3,5-8H2,1,4H3. The molecule has 1 saturated heterocycles. The van der Waals surface area contributed by atoms with Crippen molar-refractivity contribution < 1.29 is 24.5 Å². The molecule has 2 saturated carbocycles. The number of rotatable bonds is 4. The smallest absolute Gasteiger partial charge is 0.334 e. The summed E-state index contributed by atoms with van der Waals surface area (Å²) in [5, 5.41) is 20.6. The van der Waals surface area contributed by atoms with E-state index >= 15 is 0 Å². The number of carbonyl (C=O) groups excluding carboxylic acids is 1. The lowest BCUT2D eigenvalue weighted by Crippen LogP contribution is -2.38. The van der Waals surface area contributed by atoms with Crippen LogP contribution in [0.1, 0.15) is 33.1 Å². The Kier molecular flexibility index (Phi) is 4.93. The van der Waals surface area contributed by atoms with Gasteiger partial charge in [-0.15, -0.1) is 0 Å². The molecule has 0 aromatic heterocycles. The van der Waals surface area contributed by atoms with Crippen molar-refractivity contribution in [1.29, 1.82) is 0 Å². The van der Waals surface area contributed by atoms with Gasteiger partial charge in [0.2, 0.25) is 0 Å². The van der Waals surface area contributed by atoms with Gasteiger partial charge in [0.1, 0.15) is 6.10 Å². The first-order valence-corrected chi connectivity index (χ1v) is 9.02. The first-order chi connectivity index (χ1) is 11.8. The van der Waals surface area contributed by atoms with E-state index in [1.807, 2.05) is 13.8 Å². The summed E-state index contributed by atoms with van der Waals surface area (Å²) in [6.45, 7) is 15.9. The summed E-state index contributed by atoms with van der Waals surface area (Å²) in [7, 11) is 0. The molecule has 8 atom stereocenters. The van der Waals surface area contributed by atoms with Crippen molar-refractivity contribution in [2.45, 2.75) is 57.7 Å². The molecule has 3 rings (SSSR count). The third kappa shape index (κ3) is 2.98. The summed E-state index contributed by atoms with van der Waals surface area (Å²) in [6.07, 6.45) is -0.627. The van der Waals surface area contributed by atoms with Crippen molar-refractivity contribution in [1.82, 2.24) is 0 Å². The van der Waals surface area contributed by atoms with Gasteiger partial charge in [0.15, 0.2) is 6.29 Å². The van der Waals surface area contributed by atoms with E-state index in [1.165, 1.54) is 0 Å². The summed E-state index contributed by atoms with van der Waals surface area (Å²) in [4.78, 5) is 12.2. The average Bonchev–Trinajstić information content (AvgIpc) is 2.99. The summed E-state index contributed by atoms with van der Waals surface area (Å²) < 4.78 is 11.6. The molecule has 0 spiro atoms. The van der Waals surface area contributed by atoms with Gasteiger partial charge in [-0.1, -0.05) is 39.2 Å². The van der Waals surface area contributed by atoms with Crippen LogP contribution in [0.4, 0.5) is 0 Å². The molecule has 8 unspecified atom stereocenters. The topological polar surface area (TPSA) is 76.0 Å². The van der Waals surface area contributed by atoms with Gasteiger partial charge < -0.3 is 19.7 Å². The Morgan fingerprint density at radius 1 is 1.44 bits per heavy atom. The van der Waals surface area contributed by atoms with Gasteiger partial charge in [-0.25, -0.2) is 4.79 Å². The van der Waals surface area contributed by atoms with E-state index in [0.29, 0.717) is 30.4 Å². The van der Waals surface area contributed by atoms with E-state index in [2.05, 4.69) is 19.7 Å². The number of ether oxygens (including phenoxy) is 2. The van der Waals surface area contributed by atoms with Crippen LogP contribution in [0, 0.1) is 23.7 Å². The van der Waals surface area contributed by atoms with Crippen molar-refractivity contribution in [3.05, 3.63) is 36.5 Å². The predicted molar refractivity (Wildman–Crippen MR) is 93.3 cm³/mol. The summed E-state index contributed by atoms with van der Waals surface area (Å²) >= 11 is 0. The minimum absolute atomic E-state index is 0.00207. The SMILES string of the molecule is C=C(CC)C(O)OC1CC(=C)C2CC(O)C(C)C2C2OC(=O)C(=C)C12. The molecule has 0 radical (unpaired) electrons. The number of fused-ring (bicyclic) bond motifs is 3. The number of aliphatic hydroxyl groups excluding tert-OH is 2. The highest BCUT2D eigenvalue weighted by atomic mass is 16.6. The molecule has 0 bridgehead atoms. The number of carbonyl (C=O) groups is 1. The maximum atomic E-state index is 12.2. The van der Waals surface area contributed by atoms with E-state index in [9.17, 15) is 15.0 Å². The minimum atomic E-state index is -1.09. The maximum absolute atomic E-state index is 12.2. The van der Waals surface area contributed by atoms with E-state index in [-0.39, 0.29) is 23.7 Å². The molecule has 0 aromatic rings. The van der Waals surface area contributed by atoms with Crippen LogP contribution in [0.3, 0.4) is 0 Å². The van der Waals surface area contributed by atoms with Gasteiger partial charge in [0.25, 0.3) is 0 Å². The number of esters is 1. The first kappa shape index (κ1) is 18.4. The van der Waals surface area contributed by atoms with Crippen LogP contribution in [-0.4, -0.2) is 40.8 Å². The Morgan fingerprint density at radius 3 is 2.76 bits per heavy atom. The van der Waals surface area contributed by atoms with E-state index < -0.39 is 30.6 Å². The van der Waals surface area contributed by atoms with Gasteiger partial charge >= 0.3 is 5.97 Å². The fraction of sp³-hybridized carbons (Fsp3) is 0.650. The Labute approximate surface area is 149 Å². The van der Waals surface area contributed by atoms with Crippen molar-refractivity contribution in [3.63, 3.8) is 0 Å². The molecule has 3 aliphatic rings. The fourth-order valence-electron chi connectivity index (χ4n) is 4.69. The highest BCUT2D eigenvalue weighted by molar-refractivity contribution is 5.91. The van der Waals surface area contributed by atoms with Crippen LogP contribution in [-0.2, 0) is 14.3 Å². The molecular weight excluding hydrogens is 320 g/mol. The zero-order valence-electron chi connectivity index (χ0n) is 15.0. The van der Waals surface area contributed by atoms with Crippen molar-refractivity contribution in [2.75, 3.05) is 0 Å². The van der Waals surface area contributed by atoms with Crippen molar-refractivity contribution in [3.8, 4) is 0 Å². The largest absolute Gasteiger partial charge is 0.458 e. The molecule has 0 amide bonds. The predicted octanol–water partition coefficient (Wildman–Crippen LogP) is 2.35. The summed E-state index contributed by atoms with van der Waals surface area (Å²) in [5.41, 5.74) is 1.95. The van der Waals surface area contributed by atoms with E-state index in [1.54, 1.807) is 0 Å². The van der Waals surface area contributed by atoms with Gasteiger partial charge in [-0.2, -0.15) is 0 Å². The highest BCUT2D eigenvalue weighted by Crippen LogP contribution is 2.53. The lowest BCUT2D eigenvalue weighted by molar-refractivity contribution is -0.148. The number of aliphatic hydroxyl groups is 2. The third-order valence-corrected chi connectivity index (χ3v) is 6.31. The normalized spacial score (nSPS) is 41.8. The zero-order valence-corrected chi connectivity index (χ0v) is 15.0. The van der Waals surface area contributed by atoms with Gasteiger partial charge in [-0.05, 0) is 36.7 Å². The van der Waals surface area contributed by atoms with Crippen molar-refractivity contribution >= 4 is 5.97 Å². The number of hydrogen-bond donors (Lipinski definition) is 2. The van der Waals surface area contributed by atoms with Crippen molar-refractivity contribution in [2.24, 2.45) is 23.7 Å². The average molecular weight is 348 g/mol. The first-order valence-electron chi connectivity index (χ1n) is 9.02. The highest BCUT2D eigenvalue weighted by Gasteiger charge is 2.57. The fourth-order valence-corrected chi connectivity index (χ4v) is 4.69. The molecule has 0 aromatic carbocycles.